The summed E-state index contributed by atoms with van der Waals surface area (Å²) in [5, 5.41) is 2.53. The summed E-state index contributed by atoms with van der Waals surface area (Å²) in [6.07, 6.45) is 2.80. The Morgan fingerprint density at radius 3 is 2.52 bits per heavy atom. The lowest BCUT2D eigenvalue weighted by molar-refractivity contribution is -0.115. The molecule has 0 unspecified atom stereocenters. The van der Waals surface area contributed by atoms with Crippen molar-refractivity contribution in [2.75, 3.05) is 22.6 Å². The highest BCUT2D eigenvalue weighted by Gasteiger charge is 2.46. The average molecular weight is 676 g/mol. The van der Waals surface area contributed by atoms with Gasteiger partial charge in [0.1, 0.15) is 5.82 Å². The summed E-state index contributed by atoms with van der Waals surface area (Å²) in [6.45, 7) is 4.45. The maximum atomic E-state index is 15.1. The van der Waals surface area contributed by atoms with Gasteiger partial charge in [-0.2, -0.15) is 18.2 Å². The van der Waals surface area contributed by atoms with Gasteiger partial charge in [-0.05, 0) is 61.9 Å². The fraction of sp³-hybridized carbons (Fsp3) is 0.200. The molecule has 1 aliphatic rings. The third-order valence-corrected chi connectivity index (χ3v) is 9.17. The summed E-state index contributed by atoms with van der Waals surface area (Å²) in [7, 11) is -5.49. The highest BCUT2D eigenvalue weighted by Crippen LogP contribution is 2.33. The van der Waals surface area contributed by atoms with Crippen molar-refractivity contribution in [2.45, 2.75) is 30.9 Å². The second-order valence-electron chi connectivity index (χ2n) is 9.92. The van der Waals surface area contributed by atoms with Crippen LogP contribution in [0.5, 0.6) is 0 Å². The van der Waals surface area contributed by atoms with Gasteiger partial charge in [0.15, 0.2) is 5.17 Å². The molecule has 0 radical (unpaired) electrons. The van der Waals surface area contributed by atoms with E-state index in [1.165, 1.54) is 46.3 Å². The number of carbonyl (C=O) groups is 2. The van der Waals surface area contributed by atoms with E-state index in [-0.39, 0.29) is 29.1 Å². The number of benzene rings is 3. The molecule has 3 amide bonds. The Balaban J connectivity index is 1.31. The Labute approximate surface area is 265 Å². The zero-order valence-electron chi connectivity index (χ0n) is 24.2. The normalized spacial score (nSPS) is 14.7. The molecule has 0 saturated carbocycles. The van der Waals surface area contributed by atoms with Crippen LogP contribution >= 0.6 is 11.8 Å². The van der Waals surface area contributed by atoms with E-state index in [4.69, 9.17) is 4.74 Å². The molecule has 1 aromatic heterocycles. The fourth-order valence-electron chi connectivity index (χ4n) is 4.45. The van der Waals surface area contributed by atoms with Crippen molar-refractivity contribution in [3.8, 4) is 16.9 Å². The second-order valence-corrected chi connectivity index (χ2v) is 12.8. The van der Waals surface area contributed by atoms with Crippen LogP contribution in [0.2, 0.25) is 0 Å². The van der Waals surface area contributed by atoms with E-state index in [2.05, 4.69) is 15.3 Å². The lowest BCUT2D eigenvalue weighted by Crippen LogP contribution is -2.31. The number of aliphatic imine (C=N–C) groups is 1. The molecular formula is C30H25F4N5O5S2. The number of hydrogen-bond donors (Lipinski definition) is 1. The molecule has 2 heterocycles. The highest BCUT2D eigenvalue weighted by atomic mass is 32.2. The summed E-state index contributed by atoms with van der Waals surface area (Å²) in [5.74, 6) is -0.996. The Bertz CT molecular complexity index is 1940. The molecule has 1 N–H and O–H groups in total. The topological polar surface area (TPSA) is 123 Å². The van der Waals surface area contributed by atoms with Crippen molar-refractivity contribution in [1.82, 2.24) is 9.55 Å². The zero-order chi connectivity index (χ0) is 33.2. The summed E-state index contributed by atoms with van der Waals surface area (Å²) >= 11 is 1.08. The van der Waals surface area contributed by atoms with Crippen molar-refractivity contribution < 1.29 is 40.3 Å². The number of urea groups is 1. The van der Waals surface area contributed by atoms with Crippen molar-refractivity contribution in [1.29, 1.82) is 0 Å². The molecule has 0 spiro atoms. The predicted molar refractivity (Wildman–Crippen MR) is 165 cm³/mol. The molecule has 46 heavy (non-hydrogen) atoms. The van der Waals surface area contributed by atoms with Gasteiger partial charge < -0.3 is 14.6 Å². The molecule has 1 saturated heterocycles. The number of thioether (sulfide) groups is 1. The third kappa shape index (κ3) is 6.83. The number of anilines is 2. The first kappa shape index (κ1) is 32.8. The van der Waals surface area contributed by atoms with E-state index < -0.39 is 32.1 Å². The Kier molecular flexibility index (Phi) is 9.32. The van der Waals surface area contributed by atoms with Gasteiger partial charge in [0, 0.05) is 29.6 Å². The first-order valence-electron chi connectivity index (χ1n) is 13.6. The Morgan fingerprint density at radius 1 is 1.11 bits per heavy atom. The first-order chi connectivity index (χ1) is 21.8. The van der Waals surface area contributed by atoms with Gasteiger partial charge in [-0.15, -0.1) is 0 Å². The predicted octanol–water partition coefficient (Wildman–Crippen LogP) is 6.48. The van der Waals surface area contributed by atoms with Gasteiger partial charge in [-0.25, -0.2) is 22.6 Å². The van der Waals surface area contributed by atoms with Gasteiger partial charge in [0.05, 0.1) is 40.7 Å². The third-order valence-electron chi connectivity index (χ3n) is 6.74. The average Bonchev–Trinajstić information content (AvgIpc) is 3.64. The molecule has 1 aliphatic heterocycles. The molecule has 16 heteroatoms. The van der Waals surface area contributed by atoms with E-state index in [1.54, 1.807) is 6.07 Å². The number of carbonyl (C=O) groups excluding carboxylic acids is 2. The quantitative estimate of drug-likeness (QED) is 0.212. The zero-order valence-corrected chi connectivity index (χ0v) is 25.8. The minimum Gasteiger partial charge on any atom is -0.377 e. The van der Waals surface area contributed by atoms with Crippen LogP contribution in [-0.2, 0) is 26.0 Å². The summed E-state index contributed by atoms with van der Waals surface area (Å²) in [4.78, 5) is 34.3. The second kappa shape index (κ2) is 13.1. The first-order valence-corrected chi connectivity index (χ1v) is 16.0. The number of sulfone groups is 1. The van der Waals surface area contributed by atoms with Gasteiger partial charge in [0.25, 0.3) is 9.84 Å². The summed E-state index contributed by atoms with van der Waals surface area (Å²) in [5.41, 5.74) is -2.49. The number of nitrogens with zero attached hydrogens (tertiary/aromatic N) is 4. The van der Waals surface area contributed by atoms with E-state index in [0.29, 0.717) is 29.2 Å². The van der Waals surface area contributed by atoms with Gasteiger partial charge in [0.2, 0.25) is 5.91 Å². The maximum absolute atomic E-state index is 15.1. The number of alkyl halides is 3. The molecule has 3 aromatic carbocycles. The standard InChI is InChI=1S/C30H25F4N5O5S2/c1-3-44-15-20-5-4-18(2)12-26(20)39-27(40)16-45-29(39)37-28(41)36-24-11-6-19(13-23(24)31)25-14-38(17-35-25)21-7-9-22(10-8-21)46(42,43)30(32,33)34/h4-14,17H,3,15-16H2,1-2H3,(H,36,41). The number of halogens is 4. The number of aromatic nitrogens is 2. The Morgan fingerprint density at radius 2 is 1.85 bits per heavy atom. The SMILES string of the molecule is CCOCc1ccc(C)cc1N1C(=O)CSC1=NC(=O)Nc1ccc(-c2cn(-c3ccc(S(=O)(=O)C(F)(F)F)cc3)cn2)cc1F. The summed E-state index contributed by atoms with van der Waals surface area (Å²) < 4.78 is 83.7. The van der Waals surface area contributed by atoms with E-state index >= 15 is 4.39 Å². The molecule has 10 nitrogen and oxygen atoms in total. The number of rotatable bonds is 8. The minimum absolute atomic E-state index is 0.0701. The lowest BCUT2D eigenvalue weighted by atomic mass is 10.1. The molecule has 0 atom stereocenters. The number of hydrogen-bond acceptors (Lipinski definition) is 7. The van der Waals surface area contributed by atoms with Crippen LogP contribution < -0.4 is 10.2 Å². The number of aryl methyl sites for hydroxylation is 1. The van der Waals surface area contributed by atoms with Crippen LogP contribution in [0.25, 0.3) is 16.9 Å². The molecule has 0 aliphatic carbocycles. The van der Waals surface area contributed by atoms with Crippen molar-refractivity contribution in [2.24, 2.45) is 4.99 Å². The monoisotopic (exact) mass is 675 g/mol. The van der Waals surface area contributed by atoms with Crippen molar-refractivity contribution >= 4 is 50.1 Å². The molecular weight excluding hydrogens is 650 g/mol. The fourth-order valence-corrected chi connectivity index (χ4v) is 6.07. The van der Waals surface area contributed by atoms with Crippen molar-refractivity contribution in [3.63, 3.8) is 0 Å². The number of nitrogens with one attached hydrogen (secondary N) is 1. The number of imidazole rings is 1. The van der Waals surface area contributed by atoms with Crippen LogP contribution in [0.3, 0.4) is 0 Å². The van der Waals surface area contributed by atoms with Gasteiger partial charge >= 0.3 is 11.5 Å². The van der Waals surface area contributed by atoms with Gasteiger partial charge in [-0.1, -0.05) is 30.0 Å². The van der Waals surface area contributed by atoms with Crippen LogP contribution in [-0.4, -0.2) is 52.9 Å². The summed E-state index contributed by atoms with van der Waals surface area (Å²) in [6, 6.07) is 12.6. The van der Waals surface area contributed by atoms with E-state index in [1.807, 2.05) is 26.0 Å². The van der Waals surface area contributed by atoms with Crippen LogP contribution in [0.4, 0.5) is 33.7 Å². The number of amidine groups is 1. The molecule has 1 fully saturated rings. The molecule has 4 aromatic rings. The van der Waals surface area contributed by atoms with E-state index in [0.717, 1.165) is 41.1 Å². The van der Waals surface area contributed by atoms with Gasteiger partial charge in [-0.3, -0.25) is 9.69 Å². The van der Waals surface area contributed by atoms with Crippen LogP contribution in [0, 0.1) is 12.7 Å². The van der Waals surface area contributed by atoms with E-state index in [9.17, 15) is 31.2 Å². The number of amides is 3. The maximum Gasteiger partial charge on any atom is 0.501 e. The lowest BCUT2D eigenvalue weighted by Gasteiger charge is -2.20. The largest absolute Gasteiger partial charge is 0.501 e. The van der Waals surface area contributed by atoms with Crippen LogP contribution in [0.15, 0.2) is 83.1 Å². The number of ether oxygens (including phenoxy) is 1. The molecule has 5 rings (SSSR count). The Hall–Kier alpha value is -4.54. The molecule has 240 valence electrons. The smallest absolute Gasteiger partial charge is 0.377 e. The highest BCUT2D eigenvalue weighted by molar-refractivity contribution is 8.15. The minimum atomic E-state index is -5.49. The van der Waals surface area contributed by atoms with Crippen molar-refractivity contribution in [3.05, 3.63) is 90.1 Å². The molecule has 0 bridgehead atoms. The van der Waals surface area contributed by atoms with Crippen LogP contribution in [0.1, 0.15) is 18.1 Å².